The number of carbonyl (C=O) groups is 1. The van der Waals surface area contributed by atoms with Crippen LogP contribution in [0, 0.1) is 5.82 Å². The van der Waals surface area contributed by atoms with Gasteiger partial charge in [0.25, 0.3) is 5.91 Å². The number of aromatic nitrogens is 3. The van der Waals surface area contributed by atoms with Crippen LogP contribution in [-0.2, 0) is 0 Å². The van der Waals surface area contributed by atoms with Crippen LogP contribution in [0.4, 0.5) is 10.1 Å². The van der Waals surface area contributed by atoms with Crippen LogP contribution in [0.2, 0.25) is 0 Å². The lowest BCUT2D eigenvalue weighted by Crippen LogP contribution is -2.14. The van der Waals surface area contributed by atoms with Crippen molar-refractivity contribution in [3.63, 3.8) is 0 Å². The van der Waals surface area contributed by atoms with Crippen molar-refractivity contribution in [2.45, 2.75) is 19.9 Å². The maximum atomic E-state index is 14.0. The summed E-state index contributed by atoms with van der Waals surface area (Å²) in [4.78, 5) is 16.6. The molecule has 2 aromatic heterocycles. The Bertz CT molecular complexity index is 905. The number of halogens is 1. The van der Waals surface area contributed by atoms with Crippen molar-refractivity contribution < 1.29 is 13.9 Å². The molecule has 3 rings (SSSR count). The van der Waals surface area contributed by atoms with Gasteiger partial charge >= 0.3 is 0 Å². The number of amides is 1. The summed E-state index contributed by atoms with van der Waals surface area (Å²) in [6.45, 7) is 4.02. The van der Waals surface area contributed by atoms with Crippen molar-refractivity contribution in [1.29, 1.82) is 0 Å². The molecule has 2 heterocycles. The van der Waals surface area contributed by atoms with Crippen molar-refractivity contribution in [1.82, 2.24) is 14.8 Å². The second-order valence-corrected chi connectivity index (χ2v) is 5.62. The van der Waals surface area contributed by atoms with E-state index in [2.05, 4.69) is 15.4 Å². The molecule has 0 spiro atoms. The molecule has 0 atom stereocenters. The number of rotatable bonds is 4. The normalized spacial score (nSPS) is 11.0. The summed E-state index contributed by atoms with van der Waals surface area (Å²) in [5, 5.41) is 7.72. The number of hydrogen-bond acceptors (Lipinski definition) is 4. The highest BCUT2D eigenvalue weighted by atomic mass is 19.1. The van der Waals surface area contributed by atoms with Gasteiger partial charge in [-0.25, -0.2) is 14.1 Å². The highest BCUT2D eigenvalue weighted by Crippen LogP contribution is 2.21. The molecule has 0 unspecified atom stereocenters. The number of nitrogens with zero attached hydrogens (tertiary/aromatic N) is 3. The van der Waals surface area contributed by atoms with Crippen molar-refractivity contribution >= 4 is 22.6 Å². The summed E-state index contributed by atoms with van der Waals surface area (Å²) >= 11 is 0. The molecule has 0 aliphatic heterocycles. The van der Waals surface area contributed by atoms with Gasteiger partial charge < -0.3 is 10.1 Å². The molecule has 0 radical (unpaired) electrons. The Balaban J connectivity index is 1.85. The zero-order chi connectivity index (χ0) is 17.3. The Kier molecular flexibility index (Phi) is 4.16. The van der Waals surface area contributed by atoms with Gasteiger partial charge in [0, 0.05) is 17.5 Å². The van der Waals surface area contributed by atoms with E-state index in [0.717, 1.165) is 11.0 Å². The predicted octanol–water partition coefficient (Wildman–Crippen LogP) is 3.41. The van der Waals surface area contributed by atoms with Crippen LogP contribution in [0.15, 0.2) is 36.7 Å². The van der Waals surface area contributed by atoms with Gasteiger partial charge in [-0.2, -0.15) is 5.10 Å². The van der Waals surface area contributed by atoms with Crippen LogP contribution in [0.25, 0.3) is 11.0 Å². The molecule has 6 nitrogen and oxygen atoms in total. The van der Waals surface area contributed by atoms with Gasteiger partial charge in [-0.1, -0.05) is 0 Å². The average Bonchev–Trinajstić information content (AvgIpc) is 2.97. The van der Waals surface area contributed by atoms with E-state index in [-0.39, 0.29) is 11.6 Å². The van der Waals surface area contributed by atoms with Gasteiger partial charge in [-0.15, -0.1) is 0 Å². The Labute approximate surface area is 138 Å². The van der Waals surface area contributed by atoms with Crippen molar-refractivity contribution in [2.24, 2.45) is 0 Å². The van der Waals surface area contributed by atoms with Gasteiger partial charge in [0.05, 0.1) is 30.8 Å². The quantitative estimate of drug-likeness (QED) is 0.797. The first-order valence-electron chi connectivity index (χ1n) is 7.47. The van der Waals surface area contributed by atoms with E-state index < -0.39 is 11.7 Å². The van der Waals surface area contributed by atoms with Crippen molar-refractivity contribution in [3.8, 4) is 5.75 Å². The lowest BCUT2D eigenvalue weighted by molar-refractivity contribution is 0.102. The van der Waals surface area contributed by atoms with Crippen LogP contribution in [0.3, 0.4) is 0 Å². The standard InChI is InChI=1S/C17H17FN4O2/c1-10(2)22-16-11(8-20-22)6-12(9-19-16)21-17(23)14-5-4-13(24-3)7-15(14)18/h4-10H,1-3H3,(H,21,23). The number of nitrogens with one attached hydrogen (secondary N) is 1. The van der Waals surface area contributed by atoms with E-state index in [0.29, 0.717) is 11.4 Å². The summed E-state index contributed by atoms with van der Waals surface area (Å²) in [6, 6.07) is 6.03. The lowest BCUT2D eigenvalue weighted by Gasteiger charge is -2.08. The molecule has 7 heteroatoms. The molecule has 1 N–H and O–H groups in total. The third kappa shape index (κ3) is 2.92. The maximum absolute atomic E-state index is 14.0. The minimum atomic E-state index is -0.645. The Morgan fingerprint density at radius 2 is 2.08 bits per heavy atom. The number of benzene rings is 1. The predicted molar refractivity (Wildman–Crippen MR) is 88.8 cm³/mol. The fourth-order valence-electron chi connectivity index (χ4n) is 2.39. The molecule has 1 amide bonds. The number of hydrogen-bond donors (Lipinski definition) is 1. The smallest absolute Gasteiger partial charge is 0.258 e. The zero-order valence-corrected chi connectivity index (χ0v) is 13.6. The van der Waals surface area contributed by atoms with Gasteiger partial charge in [-0.3, -0.25) is 4.79 Å². The SMILES string of the molecule is COc1ccc(C(=O)Nc2cnc3c(cnn3C(C)C)c2)c(F)c1. The maximum Gasteiger partial charge on any atom is 0.258 e. The second kappa shape index (κ2) is 6.27. The summed E-state index contributed by atoms with van der Waals surface area (Å²) in [6.07, 6.45) is 3.22. The van der Waals surface area contributed by atoms with Gasteiger partial charge in [-0.05, 0) is 32.0 Å². The third-order valence-corrected chi connectivity index (χ3v) is 3.60. The molecule has 3 aromatic rings. The second-order valence-electron chi connectivity index (χ2n) is 5.62. The van der Waals surface area contributed by atoms with E-state index >= 15 is 0 Å². The number of anilines is 1. The largest absolute Gasteiger partial charge is 0.497 e. The molecule has 0 bridgehead atoms. The molecular weight excluding hydrogens is 311 g/mol. The van der Waals surface area contributed by atoms with Gasteiger partial charge in [0.15, 0.2) is 5.65 Å². The number of fused-ring (bicyclic) bond motifs is 1. The topological polar surface area (TPSA) is 69.0 Å². The number of pyridine rings is 1. The van der Waals surface area contributed by atoms with Gasteiger partial charge in [0.2, 0.25) is 0 Å². The van der Waals surface area contributed by atoms with Crippen molar-refractivity contribution in [2.75, 3.05) is 12.4 Å². The van der Waals surface area contributed by atoms with E-state index in [1.165, 1.54) is 31.5 Å². The lowest BCUT2D eigenvalue weighted by atomic mass is 10.2. The van der Waals surface area contributed by atoms with E-state index in [1.54, 1.807) is 16.9 Å². The van der Waals surface area contributed by atoms with Crippen LogP contribution in [0.5, 0.6) is 5.75 Å². The molecule has 1 aromatic carbocycles. The molecular formula is C17H17FN4O2. The van der Waals surface area contributed by atoms with Crippen LogP contribution in [-0.4, -0.2) is 27.8 Å². The highest BCUT2D eigenvalue weighted by Gasteiger charge is 2.14. The first kappa shape index (κ1) is 15.9. The summed E-state index contributed by atoms with van der Waals surface area (Å²) in [7, 11) is 1.44. The molecule has 124 valence electrons. The van der Waals surface area contributed by atoms with Crippen molar-refractivity contribution in [3.05, 3.63) is 48.0 Å². The molecule has 0 saturated heterocycles. The Morgan fingerprint density at radius 1 is 1.29 bits per heavy atom. The number of carbonyl (C=O) groups excluding carboxylic acids is 1. The minimum Gasteiger partial charge on any atom is -0.497 e. The number of ether oxygens (including phenoxy) is 1. The molecule has 0 aliphatic rings. The molecule has 0 saturated carbocycles. The summed E-state index contributed by atoms with van der Waals surface area (Å²) in [5.74, 6) is -0.839. The molecule has 0 aliphatic carbocycles. The first-order valence-corrected chi connectivity index (χ1v) is 7.47. The minimum absolute atomic E-state index is 0.0613. The van der Waals surface area contributed by atoms with Crippen LogP contribution >= 0.6 is 0 Å². The van der Waals surface area contributed by atoms with E-state index in [9.17, 15) is 9.18 Å². The van der Waals surface area contributed by atoms with E-state index in [1.807, 2.05) is 13.8 Å². The average molecular weight is 328 g/mol. The molecule has 24 heavy (non-hydrogen) atoms. The van der Waals surface area contributed by atoms with Gasteiger partial charge in [0.1, 0.15) is 11.6 Å². The highest BCUT2D eigenvalue weighted by molar-refractivity contribution is 6.05. The third-order valence-electron chi connectivity index (χ3n) is 3.60. The fourth-order valence-corrected chi connectivity index (χ4v) is 2.39. The summed E-state index contributed by atoms with van der Waals surface area (Å²) < 4.78 is 20.7. The zero-order valence-electron chi connectivity index (χ0n) is 13.6. The number of methoxy groups -OCH3 is 1. The van der Waals surface area contributed by atoms with Crippen LogP contribution < -0.4 is 10.1 Å². The Morgan fingerprint density at radius 3 is 2.75 bits per heavy atom. The molecule has 0 fully saturated rings. The van der Waals surface area contributed by atoms with E-state index in [4.69, 9.17) is 4.74 Å². The van der Waals surface area contributed by atoms with Crippen LogP contribution in [0.1, 0.15) is 30.2 Å². The first-order chi connectivity index (χ1) is 11.5. The monoisotopic (exact) mass is 328 g/mol. The Hall–Kier alpha value is -2.96. The fraction of sp³-hybridized carbons (Fsp3) is 0.235. The summed E-state index contributed by atoms with van der Waals surface area (Å²) in [5.41, 5.74) is 1.15.